The lowest BCUT2D eigenvalue weighted by Gasteiger charge is -2.29. The summed E-state index contributed by atoms with van der Waals surface area (Å²) in [5, 5.41) is 13.5. The molecule has 1 aromatic heterocycles. The topological polar surface area (TPSA) is 129 Å². The summed E-state index contributed by atoms with van der Waals surface area (Å²) in [7, 11) is 1.54. The van der Waals surface area contributed by atoms with Crippen molar-refractivity contribution >= 4 is 45.9 Å². The van der Waals surface area contributed by atoms with Gasteiger partial charge in [0.1, 0.15) is 29.9 Å². The van der Waals surface area contributed by atoms with Crippen LogP contribution in [-0.4, -0.2) is 70.7 Å². The standard InChI is InChI=1S/C27H32ClN3O6/c1-37-23-9-8-18(28)17-11-20(29-24(17)23)27(36)31-12-15-5-2-6-16(15)25(31)26(35)30-19(22(34)13-32)10-14-4-3-7-21(14)33/h8-9,11,14-16,19,25,29,32H,2-7,10,12-13H2,1H3,(H,30,35)/t14-,15-,16-,19-,25-/m0/s1. The molecular formula is C27H32ClN3O6. The first-order valence-electron chi connectivity index (χ1n) is 12.9. The molecule has 2 aromatic rings. The van der Waals surface area contributed by atoms with Crippen molar-refractivity contribution in [3.05, 3.63) is 28.9 Å². The molecule has 1 aliphatic heterocycles. The molecule has 2 saturated carbocycles. The minimum Gasteiger partial charge on any atom is -0.495 e. The van der Waals surface area contributed by atoms with E-state index in [9.17, 15) is 24.3 Å². The van der Waals surface area contributed by atoms with Crippen LogP contribution < -0.4 is 10.1 Å². The number of carbonyl (C=O) groups excluding carboxylic acids is 4. The molecule has 3 fully saturated rings. The van der Waals surface area contributed by atoms with Crippen LogP contribution in [0, 0.1) is 17.8 Å². The molecule has 1 saturated heterocycles. The molecule has 0 bridgehead atoms. The highest BCUT2D eigenvalue weighted by atomic mass is 35.5. The fourth-order valence-electron chi connectivity index (χ4n) is 6.51. The zero-order valence-corrected chi connectivity index (χ0v) is 21.6. The summed E-state index contributed by atoms with van der Waals surface area (Å²) in [5.41, 5.74) is 0.910. The molecule has 2 amide bonds. The van der Waals surface area contributed by atoms with E-state index in [0.717, 1.165) is 25.7 Å². The third-order valence-electron chi connectivity index (χ3n) is 8.38. The molecular weight excluding hydrogens is 498 g/mol. The number of H-pyrrole nitrogens is 1. The lowest BCUT2D eigenvalue weighted by atomic mass is 9.91. The van der Waals surface area contributed by atoms with E-state index in [1.54, 1.807) is 23.1 Å². The normalized spacial score (nSPS) is 25.9. The van der Waals surface area contributed by atoms with Gasteiger partial charge in [0.25, 0.3) is 5.91 Å². The highest BCUT2D eigenvalue weighted by Gasteiger charge is 2.50. The number of ketones is 2. The molecule has 5 rings (SSSR count). The van der Waals surface area contributed by atoms with Gasteiger partial charge in [-0.25, -0.2) is 0 Å². The smallest absolute Gasteiger partial charge is 0.271 e. The van der Waals surface area contributed by atoms with Gasteiger partial charge in [-0.3, -0.25) is 19.2 Å². The molecule has 198 valence electrons. The predicted octanol–water partition coefficient (Wildman–Crippen LogP) is 2.88. The summed E-state index contributed by atoms with van der Waals surface area (Å²) in [6.45, 7) is -0.273. The lowest BCUT2D eigenvalue weighted by Crippen LogP contribution is -2.53. The molecule has 0 radical (unpaired) electrons. The van der Waals surface area contributed by atoms with Gasteiger partial charge in [0.15, 0.2) is 5.78 Å². The molecule has 0 unspecified atom stereocenters. The molecule has 0 spiro atoms. The molecule has 2 heterocycles. The summed E-state index contributed by atoms with van der Waals surface area (Å²) < 4.78 is 5.40. The number of aromatic amines is 1. The second-order valence-corrected chi connectivity index (χ2v) is 10.9. The van der Waals surface area contributed by atoms with Gasteiger partial charge in [-0.2, -0.15) is 0 Å². The minimum atomic E-state index is -0.960. The van der Waals surface area contributed by atoms with Crippen molar-refractivity contribution < 1.29 is 29.0 Å². The van der Waals surface area contributed by atoms with Gasteiger partial charge in [-0.1, -0.05) is 18.0 Å². The van der Waals surface area contributed by atoms with Crippen molar-refractivity contribution in [2.24, 2.45) is 17.8 Å². The number of aliphatic hydroxyl groups excluding tert-OH is 1. The first-order valence-corrected chi connectivity index (χ1v) is 13.3. The number of nitrogens with zero attached hydrogens (tertiary/aromatic N) is 1. The van der Waals surface area contributed by atoms with Gasteiger partial charge in [0, 0.05) is 24.3 Å². The quantitative estimate of drug-likeness (QED) is 0.482. The number of methoxy groups -OCH3 is 1. The van der Waals surface area contributed by atoms with E-state index in [2.05, 4.69) is 10.3 Å². The van der Waals surface area contributed by atoms with Crippen molar-refractivity contribution in [1.82, 2.24) is 15.2 Å². The van der Waals surface area contributed by atoms with Crippen molar-refractivity contribution in [2.45, 2.75) is 57.0 Å². The van der Waals surface area contributed by atoms with Crippen molar-refractivity contribution in [1.29, 1.82) is 0 Å². The minimum absolute atomic E-state index is 0.00977. The average molecular weight is 530 g/mol. The Labute approximate surface area is 219 Å². The molecule has 37 heavy (non-hydrogen) atoms. The number of aromatic nitrogens is 1. The number of fused-ring (bicyclic) bond motifs is 2. The first-order chi connectivity index (χ1) is 17.8. The number of hydrogen-bond acceptors (Lipinski definition) is 6. The van der Waals surface area contributed by atoms with E-state index in [1.807, 2.05) is 0 Å². The summed E-state index contributed by atoms with van der Waals surface area (Å²) in [6, 6.07) is 3.40. The molecule has 3 aliphatic rings. The Morgan fingerprint density at radius 2 is 2.05 bits per heavy atom. The number of carbonyl (C=O) groups is 4. The van der Waals surface area contributed by atoms with Crippen LogP contribution in [0.25, 0.3) is 10.9 Å². The molecule has 1 aromatic carbocycles. The second kappa shape index (κ2) is 10.5. The number of halogens is 1. The highest BCUT2D eigenvalue weighted by Crippen LogP contribution is 2.43. The van der Waals surface area contributed by atoms with Gasteiger partial charge in [-0.15, -0.1) is 0 Å². The van der Waals surface area contributed by atoms with Crippen molar-refractivity contribution in [3.8, 4) is 5.75 Å². The number of aliphatic hydroxyl groups is 1. The SMILES string of the molecule is COc1ccc(Cl)c2cc(C(=O)N3C[C@@H]4CCC[C@@H]4[C@H]3C(=O)N[C@@H](C[C@@H]3CCCC3=O)C(=O)CO)[nH]c12. The maximum atomic E-state index is 13.8. The number of hydrogen-bond donors (Lipinski definition) is 3. The predicted molar refractivity (Wildman–Crippen MR) is 137 cm³/mol. The van der Waals surface area contributed by atoms with Crippen LogP contribution in [0.15, 0.2) is 18.2 Å². The van der Waals surface area contributed by atoms with E-state index in [1.165, 1.54) is 7.11 Å². The van der Waals surface area contributed by atoms with Crippen LogP contribution in [0.4, 0.5) is 0 Å². The molecule has 5 atom stereocenters. The zero-order valence-electron chi connectivity index (χ0n) is 20.8. The Morgan fingerprint density at radius 3 is 2.76 bits per heavy atom. The Bertz CT molecular complexity index is 1240. The monoisotopic (exact) mass is 529 g/mol. The van der Waals surface area contributed by atoms with Gasteiger partial charge in [0.2, 0.25) is 5.91 Å². The fourth-order valence-corrected chi connectivity index (χ4v) is 6.72. The Kier molecular flexibility index (Phi) is 7.27. The van der Waals surface area contributed by atoms with Crippen molar-refractivity contribution in [3.63, 3.8) is 0 Å². The third-order valence-corrected chi connectivity index (χ3v) is 8.71. The number of amides is 2. The van der Waals surface area contributed by atoms with Gasteiger partial charge < -0.3 is 25.0 Å². The average Bonchev–Trinajstić information content (AvgIpc) is 3.67. The van der Waals surface area contributed by atoms with E-state index in [-0.39, 0.29) is 35.9 Å². The number of benzene rings is 1. The number of ether oxygens (including phenoxy) is 1. The van der Waals surface area contributed by atoms with Crippen LogP contribution in [0.2, 0.25) is 5.02 Å². The first kappa shape index (κ1) is 25.7. The summed E-state index contributed by atoms with van der Waals surface area (Å²) in [4.78, 5) is 56.9. The Balaban J connectivity index is 1.41. The van der Waals surface area contributed by atoms with E-state index >= 15 is 0 Å². The summed E-state index contributed by atoms with van der Waals surface area (Å²) in [6.07, 6.45) is 4.83. The third kappa shape index (κ3) is 4.75. The van der Waals surface area contributed by atoms with E-state index in [4.69, 9.17) is 16.3 Å². The van der Waals surface area contributed by atoms with Crippen molar-refractivity contribution in [2.75, 3.05) is 20.3 Å². The second-order valence-electron chi connectivity index (χ2n) is 10.5. The van der Waals surface area contributed by atoms with Crippen LogP contribution in [0.5, 0.6) is 5.75 Å². The zero-order chi connectivity index (χ0) is 26.3. The summed E-state index contributed by atoms with van der Waals surface area (Å²) >= 11 is 6.36. The Morgan fingerprint density at radius 1 is 1.24 bits per heavy atom. The van der Waals surface area contributed by atoms with Crippen LogP contribution in [-0.2, 0) is 14.4 Å². The van der Waals surface area contributed by atoms with E-state index in [0.29, 0.717) is 46.8 Å². The largest absolute Gasteiger partial charge is 0.495 e. The number of likely N-dealkylation sites (tertiary alicyclic amines) is 1. The van der Waals surface area contributed by atoms with Crippen LogP contribution >= 0.6 is 11.6 Å². The van der Waals surface area contributed by atoms with Crippen LogP contribution in [0.1, 0.15) is 55.4 Å². The number of rotatable bonds is 8. The fraction of sp³-hybridized carbons (Fsp3) is 0.556. The summed E-state index contributed by atoms with van der Waals surface area (Å²) in [5.74, 6) is -0.720. The van der Waals surface area contributed by atoms with Gasteiger partial charge in [0.05, 0.1) is 23.7 Å². The number of nitrogens with one attached hydrogen (secondary N) is 2. The molecule has 9 nitrogen and oxygen atoms in total. The maximum absolute atomic E-state index is 13.8. The van der Waals surface area contributed by atoms with Gasteiger partial charge >= 0.3 is 0 Å². The lowest BCUT2D eigenvalue weighted by molar-refractivity contribution is -0.133. The van der Waals surface area contributed by atoms with Crippen LogP contribution in [0.3, 0.4) is 0 Å². The molecule has 3 N–H and O–H groups in total. The van der Waals surface area contributed by atoms with Gasteiger partial charge in [-0.05, 0) is 62.1 Å². The molecule has 2 aliphatic carbocycles. The number of Topliss-reactive ketones (excluding diaryl/α,β-unsaturated/α-hetero) is 2. The Hall–Kier alpha value is -2.91. The highest BCUT2D eigenvalue weighted by molar-refractivity contribution is 6.35. The molecule has 10 heteroatoms. The van der Waals surface area contributed by atoms with E-state index < -0.39 is 30.4 Å². The maximum Gasteiger partial charge on any atom is 0.271 e.